The normalized spacial score (nSPS) is 14.0. The van der Waals surface area contributed by atoms with Gasteiger partial charge in [0.2, 0.25) is 0 Å². The van der Waals surface area contributed by atoms with Gasteiger partial charge in [-0.15, -0.1) is 11.3 Å². The predicted molar refractivity (Wildman–Crippen MR) is 121 cm³/mol. The molecule has 0 saturated carbocycles. The van der Waals surface area contributed by atoms with Crippen molar-refractivity contribution in [3.05, 3.63) is 53.7 Å². The molecule has 0 bridgehead atoms. The number of carbonyl (C=O) groups excluding carboxylic acids is 1. The lowest BCUT2D eigenvalue weighted by Crippen LogP contribution is -2.48. The molecule has 5 rings (SSSR count). The molecule has 0 unspecified atom stereocenters. The third-order valence-electron chi connectivity index (χ3n) is 5.31. The third-order valence-corrected chi connectivity index (χ3v) is 5.99. The highest BCUT2D eigenvalue weighted by atomic mass is 32.1. The molecule has 0 spiro atoms. The summed E-state index contributed by atoms with van der Waals surface area (Å²) in [4.78, 5) is 43.8. The van der Waals surface area contributed by atoms with Crippen LogP contribution in [0.4, 0.5) is 15.7 Å². The number of pyridine rings is 1. The molecule has 3 N–H and O–H groups in total. The highest BCUT2D eigenvalue weighted by Gasteiger charge is 2.21. The Kier molecular flexibility index (Phi) is 5.15. The van der Waals surface area contributed by atoms with E-state index in [0.717, 1.165) is 16.9 Å². The van der Waals surface area contributed by atoms with Gasteiger partial charge in [-0.05, 0) is 24.3 Å². The van der Waals surface area contributed by atoms with Gasteiger partial charge in [0.25, 0.3) is 5.91 Å². The number of rotatable bonds is 4. The van der Waals surface area contributed by atoms with Gasteiger partial charge in [0.1, 0.15) is 17.2 Å². The zero-order chi connectivity index (χ0) is 22.1. The molecule has 1 fully saturated rings. The number of nitrogens with one attached hydrogen (secondary N) is 2. The van der Waals surface area contributed by atoms with Crippen LogP contribution in [-0.4, -0.2) is 68.1 Å². The van der Waals surface area contributed by atoms with E-state index in [2.05, 4.69) is 30.2 Å². The van der Waals surface area contributed by atoms with E-state index in [9.17, 15) is 9.59 Å². The van der Waals surface area contributed by atoms with Gasteiger partial charge in [-0.25, -0.2) is 19.7 Å². The Labute approximate surface area is 186 Å². The van der Waals surface area contributed by atoms with Crippen molar-refractivity contribution in [3.63, 3.8) is 0 Å². The standard InChI is InChI=1S/C21H19N7O3S/c29-19(26-20-22-6-11-32-20)14-2-1-3-15-17(14)25-18(24-15)13-4-5-16(23-12-13)27-7-9-28(10-8-27)21(30)31/h1-6,11-12H,7-10H2,(H,24,25)(H,30,31)(H,22,26,29). The quantitative estimate of drug-likeness (QED) is 0.437. The Morgan fingerprint density at radius 3 is 2.62 bits per heavy atom. The lowest BCUT2D eigenvalue weighted by Gasteiger charge is -2.33. The number of amides is 2. The monoisotopic (exact) mass is 449 g/mol. The predicted octanol–water partition coefficient (Wildman–Crippen LogP) is 3.13. The number of imidazole rings is 1. The first kappa shape index (κ1) is 19.9. The van der Waals surface area contributed by atoms with E-state index in [4.69, 9.17) is 5.11 Å². The van der Waals surface area contributed by atoms with Gasteiger partial charge in [-0.1, -0.05) is 6.07 Å². The van der Waals surface area contributed by atoms with Crippen molar-refractivity contribution in [3.8, 4) is 11.4 Å². The summed E-state index contributed by atoms with van der Waals surface area (Å²) in [5, 5.41) is 14.2. The molecule has 1 saturated heterocycles. The Bertz CT molecular complexity index is 1260. The molecule has 3 aromatic heterocycles. The highest BCUT2D eigenvalue weighted by molar-refractivity contribution is 7.13. The molecular weight excluding hydrogens is 430 g/mol. The van der Waals surface area contributed by atoms with Crippen molar-refractivity contribution in [1.29, 1.82) is 0 Å². The fourth-order valence-electron chi connectivity index (χ4n) is 3.64. The van der Waals surface area contributed by atoms with E-state index < -0.39 is 6.09 Å². The van der Waals surface area contributed by atoms with Gasteiger partial charge >= 0.3 is 6.09 Å². The first-order valence-corrected chi connectivity index (χ1v) is 10.9. The zero-order valence-corrected chi connectivity index (χ0v) is 17.7. The van der Waals surface area contributed by atoms with Crippen molar-refractivity contribution < 1.29 is 14.7 Å². The first-order chi connectivity index (χ1) is 15.6. The summed E-state index contributed by atoms with van der Waals surface area (Å²) in [6.45, 7) is 2.10. The van der Waals surface area contributed by atoms with Crippen LogP contribution in [0, 0.1) is 0 Å². The number of carbonyl (C=O) groups is 2. The van der Waals surface area contributed by atoms with Crippen LogP contribution in [0.1, 0.15) is 10.4 Å². The fourth-order valence-corrected chi connectivity index (χ4v) is 4.17. The molecule has 32 heavy (non-hydrogen) atoms. The molecular formula is C21H19N7O3S. The second-order valence-electron chi connectivity index (χ2n) is 7.24. The van der Waals surface area contributed by atoms with Crippen molar-refractivity contribution in [2.24, 2.45) is 0 Å². The Morgan fingerprint density at radius 1 is 1.09 bits per heavy atom. The number of hydrogen-bond acceptors (Lipinski definition) is 7. The number of benzene rings is 1. The Morgan fingerprint density at radius 2 is 1.94 bits per heavy atom. The smallest absolute Gasteiger partial charge is 0.407 e. The van der Waals surface area contributed by atoms with Crippen molar-refractivity contribution in [2.75, 3.05) is 36.4 Å². The third kappa shape index (κ3) is 3.85. The van der Waals surface area contributed by atoms with E-state index in [1.807, 2.05) is 18.2 Å². The number of piperazine rings is 1. The van der Waals surface area contributed by atoms with Crippen molar-refractivity contribution >= 4 is 45.3 Å². The molecule has 2 amide bonds. The summed E-state index contributed by atoms with van der Waals surface area (Å²) in [5.41, 5.74) is 2.58. The van der Waals surface area contributed by atoms with Crippen LogP contribution in [-0.2, 0) is 0 Å². The van der Waals surface area contributed by atoms with E-state index >= 15 is 0 Å². The maximum Gasteiger partial charge on any atom is 0.407 e. The summed E-state index contributed by atoms with van der Waals surface area (Å²) in [5.74, 6) is 1.14. The topological polar surface area (TPSA) is 127 Å². The number of aromatic nitrogens is 4. The van der Waals surface area contributed by atoms with Crippen LogP contribution >= 0.6 is 11.3 Å². The SMILES string of the molecule is O=C(Nc1nccs1)c1cccc2[nH]c(-c3ccc(N4CCN(C(=O)O)CC4)nc3)nc12. The molecule has 0 aliphatic carbocycles. The molecule has 162 valence electrons. The largest absolute Gasteiger partial charge is 0.465 e. The number of thiazole rings is 1. The van der Waals surface area contributed by atoms with Crippen LogP contribution in [0.25, 0.3) is 22.4 Å². The summed E-state index contributed by atoms with van der Waals surface area (Å²) in [6, 6.07) is 9.22. The highest BCUT2D eigenvalue weighted by Crippen LogP contribution is 2.25. The maximum atomic E-state index is 12.7. The van der Waals surface area contributed by atoms with Gasteiger partial charge in [0.15, 0.2) is 5.13 Å². The molecule has 10 nitrogen and oxygen atoms in total. The molecule has 11 heteroatoms. The van der Waals surface area contributed by atoms with Crippen molar-refractivity contribution in [2.45, 2.75) is 0 Å². The minimum atomic E-state index is -0.891. The minimum Gasteiger partial charge on any atom is -0.465 e. The van der Waals surface area contributed by atoms with Gasteiger partial charge in [-0.3, -0.25) is 10.1 Å². The summed E-state index contributed by atoms with van der Waals surface area (Å²) >= 11 is 1.35. The molecule has 0 atom stereocenters. The van der Waals surface area contributed by atoms with E-state index in [0.29, 0.717) is 48.2 Å². The average molecular weight is 449 g/mol. The van der Waals surface area contributed by atoms with Gasteiger partial charge in [0, 0.05) is 49.5 Å². The molecule has 1 aromatic carbocycles. The number of nitrogens with zero attached hydrogens (tertiary/aromatic N) is 5. The van der Waals surface area contributed by atoms with Crippen molar-refractivity contribution in [1.82, 2.24) is 24.8 Å². The number of para-hydroxylation sites is 1. The molecule has 1 aliphatic heterocycles. The maximum absolute atomic E-state index is 12.7. The summed E-state index contributed by atoms with van der Waals surface area (Å²) in [6.07, 6.45) is 2.47. The van der Waals surface area contributed by atoms with Crippen LogP contribution in [0.2, 0.25) is 0 Å². The van der Waals surface area contributed by atoms with Crippen LogP contribution < -0.4 is 10.2 Å². The molecule has 0 radical (unpaired) electrons. The van der Waals surface area contributed by atoms with Crippen LogP contribution in [0.5, 0.6) is 0 Å². The second kappa shape index (κ2) is 8.27. The molecule has 4 heterocycles. The lowest BCUT2D eigenvalue weighted by atomic mass is 10.2. The number of hydrogen-bond donors (Lipinski definition) is 3. The number of carboxylic acid groups (broad SMARTS) is 1. The number of H-pyrrole nitrogens is 1. The summed E-state index contributed by atoms with van der Waals surface area (Å²) < 4.78 is 0. The van der Waals surface area contributed by atoms with E-state index in [-0.39, 0.29) is 5.91 Å². The lowest BCUT2D eigenvalue weighted by molar-refractivity contribution is 0.102. The number of anilines is 2. The minimum absolute atomic E-state index is 0.266. The Hall–Kier alpha value is -3.99. The van der Waals surface area contributed by atoms with Crippen LogP contribution in [0.3, 0.4) is 0 Å². The molecule has 1 aliphatic rings. The fraction of sp³-hybridized carbons (Fsp3) is 0.190. The average Bonchev–Trinajstić information content (AvgIpc) is 3.49. The first-order valence-electron chi connectivity index (χ1n) is 9.97. The number of fused-ring (bicyclic) bond motifs is 1. The van der Waals surface area contributed by atoms with E-state index in [1.54, 1.807) is 29.9 Å². The van der Waals surface area contributed by atoms with Gasteiger partial charge < -0.3 is 19.9 Å². The van der Waals surface area contributed by atoms with Gasteiger partial charge in [0.05, 0.1) is 11.1 Å². The summed E-state index contributed by atoms with van der Waals surface area (Å²) in [7, 11) is 0. The number of aromatic amines is 1. The Balaban J connectivity index is 1.36. The zero-order valence-electron chi connectivity index (χ0n) is 16.9. The van der Waals surface area contributed by atoms with Crippen LogP contribution in [0.15, 0.2) is 48.1 Å². The van der Waals surface area contributed by atoms with E-state index in [1.165, 1.54) is 16.2 Å². The second-order valence-corrected chi connectivity index (χ2v) is 8.13. The molecule has 4 aromatic rings. The van der Waals surface area contributed by atoms with Gasteiger partial charge in [-0.2, -0.15) is 0 Å².